The fourth-order valence-corrected chi connectivity index (χ4v) is 1.42. The Hall–Kier alpha value is -0.302. The number of nitrogens with one attached hydrogen (secondary N) is 1. The molecule has 0 bridgehead atoms. The third-order valence-electron chi connectivity index (χ3n) is 1.95. The smallest absolute Gasteiger partial charge is 0.376 e. The Morgan fingerprint density at radius 2 is 1.50 bits per heavy atom. The van der Waals surface area contributed by atoms with Gasteiger partial charge in [0, 0.05) is 18.4 Å². The number of unbranched alkanes of at least 4 members (excludes halogenated alkanes) is 1. The molecule has 0 aromatic heterocycles. The summed E-state index contributed by atoms with van der Waals surface area (Å²) in [5, 5.41) is 2.63. The van der Waals surface area contributed by atoms with Crippen molar-refractivity contribution in [2.24, 2.45) is 5.41 Å². The van der Waals surface area contributed by atoms with Crippen LogP contribution in [0.2, 0.25) is 0 Å². The van der Waals surface area contributed by atoms with Crippen LogP contribution in [0.25, 0.3) is 0 Å². The van der Waals surface area contributed by atoms with Gasteiger partial charge in [0.25, 0.3) is 0 Å². The van der Waals surface area contributed by atoms with E-state index in [9.17, 15) is 9.59 Å². The van der Waals surface area contributed by atoms with Crippen molar-refractivity contribution in [1.29, 1.82) is 0 Å². The van der Waals surface area contributed by atoms with Gasteiger partial charge in [-0.05, 0) is 26.2 Å². The third-order valence-corrected chi connectivity index (χ3v) is 1.95. The van der Waals surface area contributed by atoms with Gasteiger partial charge in [-0.15, -0.1) is 0 Å². The molecule has 0 aromatic rings. The van der Waals surface area contributed by atoms with E-state index in [1.807, 2.05) is 20.8 Å². The molecule has 0 spiro atoms. The van der Waals surface area contributed by atoms with E-state index in [1.165, 1.54) is 0 Å². The molecule has 0 heterocycles. The number of rotatable bonds is 4. The van der Waals surface area contributed by atoms with Crippen molar-refractivity contribution in [3.8, 4) is 0 Å². The molecular formula is C16H31NO2W. The van der Waals surface area contributed by atoms with Gasteiger partial charge >= 0.3 is 21.1 Å². The third kappa shape index (κ3) is 26.3. The van der Waals surface area contributed by atoms with Gasteiger partial charge in [0.15, 0.2) is 0 Å². The summed E-state index contributed by atoms with van der Waals surface area (Å²) in [7, 11) is 0. The van der Waals surface area contributed by atoms with Crippen LogP contribution >= 0.6 is 0 Å². The quantitative estimate of drug-likeness (QED) is 0.660. The average Bonchev–Trinajstić information content (AvgIpc) is 2.08. The Balaban J connectivity index is -0.000000288. The molecule has 4 heteroatoms. The summed E-state index contributed by atoms with van der Waals surface area (Å²) >= 11 is 0. The van der Waals surface area contributed by atoms with Crippen LogP contribution in [-0.2, 0) is 30.7 Å². The number of ketones is 1. The minimum Gasteiger partial charge on any atom is -0.376 e. The second kappa shape index (κ2) is 11.4. The molecule has 0 unspecified atom stereocenters. The zero-order valence-electron chi connectivity index (χ0n) is 14.0. The van der Waals surface area contributed by atoms with Crippen LogP contribution in [0.5, 0.6) is 0 Å². The van der Waals surface area contributed by atoms with E-state index >= 15 is 0 Å². The maximum atomic E-state index is 11.2. The number of amides is 1. The van der Waals surface area contributed by atoms with Crippen molar-refractivity contribution in [3.63, 3.8) is 0 Å². The van der Waals surface area contributed by atoms with E-state index < -0.39 is 0 Å². The summed E-state index contributed by atoms with van der Waals surface area (Å²) in [5.41, 5.74) is 0.0110. The van der Waals surface area contributed by atoms with E-state index in [4.69, 9.17) is 0 Å². The molecule has 0 atom stereocenters. The zero-order chi connectivity index (χ0) is 15.7. The molecule has 0 saturated heterocycles. The number of carbonyl (C=O) groups is 2. The van der Waals surface area contributed by atoms with Crippen molar-refractivity contribution >= 4 is 11.7 Å². The summed E-state index contributed by atoms with van der Waals surface area (Å²) in [6, 6.07) is 0. The van der Waals surface area contributed by atoms with Gasteiger partial charge < -0.3 is 24.0 Å². The summed E-state index contributed by atoms with van der Waals surface area (Å²) < 4.78 is 0. The Kier molecular flexibility index (Phi) is 14.0. The molecule has 20 heavy (non-hydrogen) atoms. The summed E-state index contributed by atoms with van der Waals surface area (Å²) in [4.78, 5) is 21.4. The first kappa shape index (κ1) is 24.7. The van der Waals surface area contributed by atoms with Crippen LogP contribution in [-0.4, -0.2) is 17.2 Å². The Morgan fingerprint density at radius 1 is 1.05 bits per heavy atom. The molecule has 1 amide bonds. The predicted octanol–water partition coefficient (Wildman–Crippen LogP) is 3.73. The number of hydrogen-bond donors (Lipinski definition) is 1. The van der Waals surface area contributed by atoms with E-state index in [-0.39, 0.29) is 37.9 Å². The Bertz CT molecular complexity index is 275. The SMILES string of the molecule is [CH2-]C(=O)NC(C)(C)C.[CH2-]CCCC(=O)CC(C)(C)C.[W+2]. The van der Waals surface area contributed by atoms with E-state index in [1.54, 1.807) is 0 Å². The molecule has 1 N–H and O–H groups in total. The predicted molar refractivity (Wildman–Crippen MR) is 81.5 cm³/mol. The van der Waals surface area contributed by atoms with Crippen molar-refractivity contribution in [1.82, 2.24) is 5.32 Å². The van der Waals surface area contributed by atoms with Gasteiger partial charge in [-0.1, -0.05) is 27.2 Å². The monoisotopic (exact) mass is 453 g/mol. The van der Waals surface area contributed by atoms with Crippen LogP contribution in [0.1, 0.15) is 67.2 Å². The van der Waals surface area contributed by atoms with E-state index in [0.29, 0.717) is 18.6 Å². The Labute approximate surface area is 139 Å². The van der Waals surface area contributed by atoms with Gasteiger partial charge in [-0.2, -0.15) is 6.42 Å². The van der Waals surface area contributed by atoms with Gasteiger partial charge in [-0.25, -0.2) is 0 Å². The second-order valence-electron chi connectivity index (χ2n) is 7.03. The van der Waals surface area contributed by atoms with Crippen molar-refractivity contribution < 1.29 is 30.7 Å². The molecule has 0 aliphatic rings. The molecule has 0 rings (SSSR count). The van der Waals surface area contributed by atoms with Crippen LogP contribution in [0.3, 0.4) is 0 Å². The fraction of sp³-hybridized carbons (Fsp3) is 0.750. The van der Waals surface area contributed by atoms with Gasteiger partial charge in [0.05, 0.1) is 5.91 Å². The Morgan fingerprint density at radius 3 is 1.70 bits per heavy atom. The first-order valence-corrected chi connectivity index (χ1v) is 6.82. The number of Topliss-reactive ketones (excluding diaryl/α,β-unsaturated/α-hetero) is 1. The molecule has 3 nitrogen and oxygen atoms in total. The normalized spacial score (nSPS) is 10.8. The zero-order valence-corrected chi connectivity index (χ0v) is 16.9. The fourth-order valence-electron chi connectivity index (χ4n) is 1.42. The molecule has 0 aliphatic heterocycles. The minimum absolute atomic E-state index is 0. The summed E-state index contributed by atoms with van der Waals surface area (Å²) in [5.74, 6) is 0.152. The van der Waals surface area contributed by atoms with Gasteiger partial charge in [-0.3, -0.25) is 4.79 Å². The molecule has 0 aliphatic carbocycles. The largest absolute Gasteiger partial charge is 2.00 e. The minimum atomic E-state index is -0.225. The van der Waals surface area contributed by atoms with Crippen molar-refractivity contribution in [2.75, 3.05) is 0 Å². The standard InChI is InChI=1S/C10H19O.C6H12NO.W/c1-5-6-7-9(11)8-10(2,3)4;1-5(8)7-6(2,3)4;/h1,5-8H2,2-4H3;1H2,2-4H3,(H,7,8);/q2*-1;+2. The van der Waals surface area contributed by atoms with Crippen LogP contribution < -0.4 is 5.32 Å². The van der Waals surface area contributed by atoms with Crippen LogP contribution in [0.15, 0.2) is 0 Å². The van der Waals surface area contributed by atoms with Crippen LogP contribution in [0, 0.1) is 19.3 Å². The van der Waals surface area contributed by atoms with Gasteiger partial charge in [0.1, 0.15) is 5.78 Å². The van der Waals surface area contributed by atoms with Crippen molar-refractivity contribution in [2.45, 2.75) is 72.8 Å². The first-order chi connectivity index (χ1) is 8.37. The number of carbonyl (C=O) groups excluding carboxylic acids is 2. The molecule has 0 radical (unpaired) electrons. The maximum Gasteiger partial charge on any atom is 2.00 e. The van der Waals surface area contributed by atoms with E-state index in [2.05, 4.69) is 39.9 Å². The first-order valence-electron chi connectivity index (χ1n) is 6.82. The van der Waals surface area contributed by atoms with E-state index in [0.717, 1.165) is 12.8 Å². The average molecular weight is 453 g/mol. The topological polar surface area (TPSA) is 46.2 Å². The summed E-state index contributed by atoms with van der Waals surface area (Å²) in [6.45, 7) is 18.9. The van der Waals surface area contributed by atoms with Crippen LogP contribution in [0.4, 0.5) is 0 Å². The molecule has 0 aromatic carbocycles. The molecule has 0 fully saturated rings. The van der Waals surface area contributed by atoms with Gasteiger partial charge in [0.2, 0.25) is 0 Å². The second-order valence-corrected chi connectivity index (χ2v) is 7.03. The molecular weight excluding hydrogens is 422 g/mol. The summed E-state index contributed by atoms with van der Waals surface area (Å²) in [6.07, 6.45) is 3.22. The molecule has 0 saturated carbocycles. The maximum absolute atomic E-state index is 11.2. The molecule has 118 valence electrons. The number of hydrogen-bond acceptors (Lipinski definition) is 2. The van der Waals surface area contributed by atoms with Crippen molar-refractivity contribution in [3.05, 3.63) is 13.8 Å².